The largest absolute Gasteiger partial charge is 0.308 e. The zero-order valence-corrected chi connectivity index (χ0v) is 15.4. The van der Waals surface area contributed by atoms with E-state index in [0.29, 0.717) is 5.92 Å². The van der Waals surface area contributed by atoms with Crippen LogP contribution in [-0.2, 0) is 11.3 Å². The molecule has 0 spiro atoms. The van der Waals surface area contributed by atoms with Crippen molar-refractivity contribution in [3.8, 4) is 0 Å². The van der Waals surface area contributed by atoms with Crippen molar-refractivity contribution >= 4 is 23.2 Å². The molecule has 1 aliphatic rings. The summed E-state index contributed by atoms with van der Waals surface area (Å²) in [4.78, 5) is 16.9. The second kappa shape index (κ2) is 8.50. The van der Waals surface area contributed by atoms with Gasteiger partial charge in [-0.15, -0.1) is 11.6 Å². The Morgan fingerprint density at radius 1 is 1.12 bits per heavy atom. The molecule has 4 heteroatoms. The van der Waals surface area contributed by atoms with Crippen LogP contribution in [0.15, 0.2) is 60.7 Å². The van der Waals surface area contributed by atoms with Gasteiger partial charge in [-0.1, -0.05) is 55.5 Å². The van der Waals surface area contributed by atoms with Crippen molar-refractivity contribution in [3.63, 3.8) is 0 Å². The molecule has 132 valence electrons. The minimum Gasteiger partial charge on any atom is -0.308 e. The van der Waals surface area contributed by atoms with E-state index in [0.717, 1.165) is 31.7 Å². The molecule has 0 saturated carbocycles. The zero-order valence-electron chi connectivity index (χ0n) is 14.6. The molecule has 1 fully saturated rings. The van der Waals surface area contributed by atoms with E-state index >= 15 is 0 Å². The first-order valence-corrected chi connectivity index (χ1v) is 9.42. The summed E-state index contributed by atoms with van der Waals surface area (Å²) in [6.45, 7) is 5.17. The summed E-state index contributed by atoms with van der Waals surface area (Å²) in [5.74, 6) is 0.400. The van der Waals surface area contributed by atoms with Crippen LogP contribution in [0.5, 0.6) is 0 Å². The van der Waals surface area contributed by atoms with Gasteiger partial charge < -0.3 is 4.90 Å². The fourth-order valence-corrected chi connectivity index (χ4v) is 3.89. The van der Waals surface area contributed by atoms with Crippen molar-refractivity contribution < 1.29 is 4.79 Å². The summed E-state index contributed by atoms with van der Waals surface area (Å²) < 4.78 is 0. The van der Waals surface area contributed by atoms with Crippen molar-refractivity contribution in [2.24, 2.45) is 5.92 Å². The van der Waals surface area contributed by atoms with E-state index in [1.54, 1.807) is 0 Å². The molecule has 1 unspecified atom stereocenters. The van der Waals surface area contributed by atoms with Gasteiger partial charge >= 0.3 is 0 Å². The number of piperidine rings is 1. The van der Waals surface area contributed by atoms with Gasteiger partial charge in [-0.3, -0.25) is 9.69 Å². The van der Waals surface area contributed by atoms with Gasteiger partial charge in [0, 0.05) is 31.4 Å². The van der Waals surface area contributed by atoms with E-state index in [1.165, 1.54) is 5.56 Å². The van der Waals surface area contributed by atoms with Crippen molar-refractivity contribution in [1.29, 1.82) is 0 Å². The monoisotopic (exact) mass is 356 g/mol. The molecule has 1 amide bonds. The van der Waals surface area contributed by atoms with Gasteiger partial charge in [0.25, 0.3) is 0 Å². The predicted molar refractivity (Wildman–Crippen MR) is 104 cm³/mol. The highest BCUT2D eigenvalue weighted by atomic mass is 35.5. The number of likely N-dealkylation sites (tertiary alicyclic amines) is 1. The minimum absolute atomic E-state index is 0.0128. The maximum atomic E-state index is 12.5. The molecule has 0 radical (unpaired) electrons. The molecule has 2 aromatic carbocycles. The van der Waals surface area contributed by atoms with Gasteiger partial charge in [0.15, 0.2) is 0 Å². The van der Waals surface area contributed by atoms with Gasteiger partial charge in [0.2, 0.25) is 5.91 Å². The average molecular weight is 357 g/mol. The highest BCUT2D eigenvalue weighted by Gasteiger charge is 2.33. The standard InChI is InChI=1S/C21H25ClN2O/c1-17-15-23(16-18-8-4-2-5-9-18)13-12-20(17)24(21(25)14-22)19-10-6-3-7-11-19/h2-11,17,20H,12-16H2,1H3/t17-,20?/m1/s1. The van der Waals surface area contributed by atoms with Gasteiger partial charge in [-0.05, 0) is 30.0 Å². The van der Waals surface area contributed by atoms with Crippen LogP contribution in [0, 0.1) is 5.92 Å². The lowest BCUT2D eigenvalue weighted by Gasteiger charge is -2.42. The van der Waals surface area contributed by atoms with Crippen molar-refractivity contribution in [3.05, 3.63) is 66.2 Å². The molecule has 0 aromatic heterocycles. The highest BCUT2D eigenvalue weighted by molar-refractivity contribution is 6.29. The number of nitrogens with zero attached hydrogens (tertiary/aromatic N) is 2. The van der Waals surface area contributed by atoms with Gasteiger partial charge in [0.1, 0.15) is 5.88 Å². The Kier molecular flexibility index (Phi) is 6.11. The van der Waals surface area contributed by atoms with E-state index in [-0.39, 0.29) is 17.8 Å². The molecule has 2 aromatic rings. The average Bonchev–Trinajstić information content (AvgIpc) is 2.65. The topological polar surface area (TPSA) is 23.6 Å². The first-order chi connectivity index (χ1) is 12.2. The zero-order chi connectivity index (χ0) is 17.6. The predicted octanol–water partition coefficient (Wildman–Crippen LogP) is 4.17. The quantitative estimate of drug-likeness (QED) is 0.751. The molecule has 0 aliphatic carbocycles. The van der Waals surface area contributed by atoms with E-state index in [2.05, 4.69) is 36.1 Å². The fraction of sp³-hybridized carbons (Fsp3) is 0.381. The van der Waals surface area contributed by atoms with Crippen LogP contribution in [0.25, 0.3) is 0 Å². The minimum atomic E-state index is -0.0128. The molecule has 1 heterocycles. The van der Waals surface area contributed by atoms with E-state index < -0.39 is 0 Å². The summed E-state index contributed by atoms with van der Waals surface area (Å²) in [7, 11) is 0. The van der Waals surface area contributed by atoms with Crippen LogP contribution < -0.4 is 4.90 Å². The molecule has 1 saturated heterocycles. The number of amides is 1. The lowest BCUT2D eigenvalue weighted by Crippen LogP contribution is -2.52. The first kappa shape index (κ1) is 18.0. The molecular weight excluding hydrogens is 332 g/mol. The van der Waals surface area contributed by atoms with E-state index in [1.807, 2.05) is 41.3 Å². The summed E-state index contributed by atoms with van der Waals surface area (Å²) in [5, 5.41) is 0. The number of hydrogen-bond acceptors (Lipinski definition) is 2. The SMILES string of the molecule is C[C@@H]1CN(Cc2ccccc2)CCC1N(C(=O)CCl)c1ccccc1. The first-order valence-electron chi connectivity index (χ1n) is 8.88. The smallest absolute Gasteiger partial charge is 0.242 e. The molecule has 25 heavy (non-hydrogen) atoms. The van der Waals surface area contributed by atoms with Gasteiger partial charge in [-0.2, -0.15) is 0 Å². The van der Waals surface area contributed by atoms with Crippen molar-refractivity contribution in [2.75, 3.05) is 23.9 Å². The molecule has 1 aliphatic heterocycles. The highest BCUT2D eigenvalue weighted by Crippen LogP contribution is 2.28. The maximum Gasteiger partial charge on any atom is 0.242 e. The molecule has 2 atom stereocenters. The molecule has 3 rings (SSSR count). The molecule has 3 nitrogen and oxygen atoms in total. The third-order valence-electron chi connectivity index (χ3n) is 4.94. The number of para-hydroxylation sites is 1. The van der Waals surface area contributed by atoms with Crippen molar-refractivity contribution in [1.82, 2.24) is 4.90 Å². The van der Waals surface area contributed by atoms with Crippen LogP contribution >= 0.6 is 11.6 Å². The summed E-state index contributed by atoms with van der Waals surface area (Å²) in [6.07, 6.45) is 0.964. The number of rotatable bonds is 5. The number of hydrogen-bond donors (Lipinski definition) is 0. The number of carbonyl (C=O) groups is 1. The number of halogens is 1. The molecular formula is C21H25ClN2O. The Balaban J connectivity index is 1.71. The van der Waals surface area contributed by atoms with E-state index in [4.69, 9.17) is 11.6 Å². The Morgan fingerprint density at radius 3 is 2.36 bits per heavy atom. The Morgan fingerprint density at radius 2 is 1.76 bits per heavy atom. The number of alkyl halides is 1. The summed E-state index contributed by atoms with van der Waals surface area (Å²) >= 11 is 5.90. The molecule has 0 N–H and O–H groups in total. The van der Waals surface area contributed by atoms with Crippen molar-refractivity contribution in [2.45, 2.75) is 25.9 Å². The Labute approximate surface area is 155 Å². The number of anilines is 1. The maximum absolute atomic E-state index is 12.5. The fourth-order valence-electron chi connectivity index (χ4n) is 3.76. The van der Waals surface area contributed by atoms with Gasteiger partial charge in [-0.25, -0.2) is 0 Å². The van der Waals surface area contributed by atoms with Crippen LogP contribution in [0.3, 0.4) is 0 Å². The van der Waals surface area contributed by atoms with Crippen LogP contribution in [0.2, 0.25) is 0 Å². The van der Waals surface area contributed by atoms with Crippen LogP contribution in [0.4, 0.5) is 5.69 Å². The Hall–Kier alpha value is -1.84. The van der Waals surface area contributed by atoms with E-state index in [9.17, 15) is 4.79 Å². The number of carbonyl (C=O) groups excluding carboxylic acids is 1. The lowest BCUT2D eigenvalue weighted by molar-refractivity contribution is -0.117. The Bertz CT molecular complexity index is 677. The normalized spacial score (nSPS) is 21.0. The number of benzene rings is 2. The molecule has 0 bridgehead atoms. The summed E-state index contributed by atoms with van der Waals surface area (Å²) in [5.41, 5.74) is 2.28. The second-order valence-electron chi connectivity index (χ2n) is 6.79. The second-order valence-corrected chi connectivity index (χ2v) is 7.05. The van der Waals surface area contributed by atoms with Crippen LogP contribution in [0.1, 0.15) is 18.9 Å². The lowest BCUT2D eigenvalue weighted by atomic mass is 9.91. The van der Waals surface area contributed by atoms with Crippen LogP contribution in [-0.4, -0.2) is 35.8 Å². The summed E-state index contributed by atoms with van der Waals surface area (Å²) in [6, 6.07) is 20.7. The van der Waals surface area contributed by atoms with Gasteiger partial charge in [0.05, 0.1) is 0 Å². The third-order valence-corrected chi connectivity index (χ3v) is 5.17. The third kappa shape index (κ3) is 4.42.